The lowest BCUT2D eigenvalue weighted by atomic mass is 10.4. The predicted octanol–water partition coefficient (Wildman–Crippen LogP) is 1.84. The molecule has 116 valence electrons. The number of anilines is 1. The van der Waals surface area contributed by atoms with Crippen molar-refractivity contribution in [1.29, 1.82) is 0 Å². The van der Waals surface area contributed by atoms with E-state index in [-0.39, 0.29) is 5.91 Å². The molecule has 2 N–H and O–H groups in total. The number of ether oxygens (including phenoxy) is 1. The van der Waals surface area contributed by atoms with Crippen molar-refractivity contribution >= 4 is 11.7 Å². The first kappa shape index (κ1) is 15.7. The van der Waals surface area contributed by atoms with Gasteiger partial charge < -0.3 is 15.4 Å². The molecule has 0 atom stereocenters. The van der Waals surface area contributed by atoms with Gasteiger partial charge in [0.2, 0.25) is 0 Å². The lowest BCUT2D eigenvalue weighted by molar-refractivity contribution is 0.0932. The zero-order chi connectivity index (χ0) is 14.9. The number of rotatable bonds is 10. The third-order valence-electron chi connectivity index (χ3n) is 3.24. The van der Waals surface area contributed by atoms with Crippen molar-refractivity contribution in [1.82, 2.24) is 15.3 Å². The molecule has 6 heteroatoms. The summed E-state index contributed by atoms with van der Waals surface area (Å²) in [6.07, 6.45) is 7.53. The number of amides is 1. The van der Waals surface area contributed by atoms with Crippen LogP contribution in [-0.4, -0.2) is 42.2 Å². The molecule has 1 aromatic rings. The summed E-state index contributed by atoms with van der Waals surface area (Å²) in [6.45, 7) is 5.09. The fraction of sp³-hybridized carbons (Fsp3) is 0.667. The predicted molar refractivity (Wildman–Crippen MR) is 81.3 cm³/mol. The average Bonchev–Trinajstić information content (AvgIpc) is 3.33. The molecule has 0 aliphatic heterocycles. The number of carbonyl (C=O) groups excluding carboxylic acids is 1. The Kier molecular flexibility index (Phi) is 6.40. The third-order valence-corrected chi connectivity index (χ3v) is 3.24. The molecule has 2 rings (SSSR count). The summed E-state index contributed by atoms with van der Waals surface area (Å²) >= 11 is 0. The molecule has 1 heterocycles. The number of hydrogen-bond donors (Lipinski definition) is 2. The average molecular weight is 292 g/mol. The highest BCUT2D eigenvalue weighted by molar-refractivity contribution is 5.91. The van der Waals surface area contributed by atoms with Gasteiger partial charge in [-0.3, -0.25) is 4.79 Å². The topological polar surface area (TPSA) is 76.1 Å². The van der Waals surface area contributed by atoms with Gasteiger partial charge in [0.05, 0.1) is 12.4 Å². The highest BCUT2D eigenvalue weighted by atomic mass is 16.5. The highest BCUT2D eigenvalue weighted by Crippen LogP contribution is 2.28. The summed E-state index contributed by atoms with van der Waals surface area (Å²) in [6, 6.07) is 0. The molecule has 6 nitrogen and oxygen atoms in total. The van der Waals surface area contributed by atoms with E-state index in [4.69, 9.17) is 4.74 Å². The molecule has 1 fully saturated rings. The van der Waals surface area contributed by atoms with Crippen LogP contribution in [-0.2, 0) is 4.74 Å². The fourth-order valence-electron chi connectivity index (χ4n) is 1.79. The number of aromatic nitrogens is 2. The second-order valence-corrected chi connectivity index (χ2v) is 5.34. The van der Waals surface area contributed by atoms with E-state index in [1.54, 1.807) is 6.20 Å². The minimum atomic E-state index is -0.188. The van der Waals surface area contributed by atoms with Crippen molar-refractivity contribution in [3.05, 3.63) is 18.1 Å². The van der Waals surface area contributed by atoms with Crippen LogP contribution in [0, 0.1) is 5.92 Å². The van der Waals surface area contributed by atoms with Crippen molar-refractivity contribution < 1.29 is 9.53 Å². The van der Waals surface area contributed by atoms with Crippen LogP contribution in [0.2, 0.25) is 0 Å². The Morgan fingerprint density at radius 2 is 2.19 bits per heavy atom. The van der Waals surface area contributed by atoms with E-state index in [9.17, 15) is 4.79 Å². The van der Waals surface area contributed by atoms with E-state index in [1.165, 1.54) is 19.0 Å². The van der Waals surface area contributed by atoms with Gasteiger partial charge in [-0.05, 0) is 31.6 Å². The Bertz CT molecular complexity index is 432. The number of nitrogens with one attached hydrogen (secondary N) is 2. The van der Waals surface area contributed by atoms with Gasteiger partial charge in [-0.15, -0.1) is 0 Å². The van der Waals surface area contributed by atoms with Crippen LogP contribution in [0.25, 0.3) is 0 Å². The standard InChI is InChI=1S/C15H24N4O2/c1-2-6-16-14-10-18-13(9-19-14)15(20)17-7-3-8-21-11-12-4-5-12/h9-10,12H,2-8,11H2,1H3,(H,16,19)(H,17,20). The summed E-state index contributed by atoms with van der Waals surface area (Å²) in [5.41, 5.74) is 0.343. The molecule has 1 aliphatic rings. The lowest BCUT2D eigenvalue weighted by Gasteiger charge is -2.06. The van der Waals surface area contributed by atoms with E-state index < -0.39 is 0 Å². The number of carbonyl (C=O) groups is 1. The quantitative estimate of drug-likeness (QED) is 0.644. The smallest absolute Gasteiger partial charge is 0.271 e. The molecule has 0 saturated heterocycles. The van der Waals surface area contributed by atoms with Crippen molar-refractivity contribution in [3.63, 3.8) is 0 Å². The van der Waals surface area contributed by atoms with Crippen molar-refractivity contribution in [2.45, 2.75) is 32.6 Å². The largest absolute Gasteiger partial charge is 0.381 e. The molecular weight excluding hydrogens is 268 g/mol. The van der Waals surface area contributed by atoms with Gasteiger partial charge in [-0.2, -0.15) is 0 Å². The summed E-state index contributed by atoms with van der Waals surface area (Å²) in [5, 5.41) is 5.94. The highest BCUT2D eigenvalue weighted by Gasteiger charge is 2.20. The monoisotopic (exact) mass is 292 g/mol. The van der Waals surface area contributed by atoms with Gasteiger partial charge in [0.15, 0.2) is 0 Å². The van der Waals surface area contributed by atoms with Crippen molar-refractivity contribution in [2.24, 2.45) is 5.92 Å². The van der Waals surface area contributed by atoms with E-state index in [0.717, 1.165) is 31.9 Å². The first-order valence-corrected chi connectivity index (χ1v) is 7.71. The Morgan fingerprint density at radius 3 is 2.86 bits per heavy atom. The maximum Gasteiger partial charge on any atom is 0.271 e. The van der Waals surface area contributed by atoms with Crippen LogP contribution < -0.4 is 10.6 Å². The first-order chi connectivity index (χ1) is 10.3. The second-order valence-electron chi connectivity index (χ2n) is 5.34. The first-order valence-electron chi connectivity index (χ1n) is 7.71. The zero-order valence-corrected chi connectivity index (χ0v) is 12.6. The minimum Gasteiger partial charge on any atom is -0.381 e. The number of nitrogens with zero attached hydrogens (tertiary/aromatic N) is 2. The Morgan fingerprint density at radius 1 is 1.33 bits per heavy atom. The molecular formula is C15H24N4O2. The molecule has 1 saturated carbocycles. The molecule has 1 aromatic heterocycles. The molecule has 0 radical (unpaired) electrons. The normalized spacial score (nSPS) is 14.0. The van der Waals surface area contributed by atoms with Gasteiger partial charge in [0, 0.05) is 26.3 Å². The molecule has 0 bridgehead atoms. The lowest BCUT2D eigenvalue weighted by Crippen LogP contribution is -2.26. The van der Waals surface area contributed by atoms with E-state index in [2.05, 4.69) is 27.5 Å². The second kappa shape index (κ2) is 8.56. The SMILES string of the molecule is CCCNc1cnc(C(=O)NCCCOCC2CC2)cn1. The minimum absolute atomic E-state index is 0.188. The van der Waals surface area contributed by atoms with Crippen molar-refractivity contribution in [2.75, 3.05) is 31.6 Å². The summed E-state index contributed by atoms with van der Waals surface area (Å²) in [7, 11) is 0. The zero-order valence-electron chi connectivity index (χ0n) is 12.6. The van der Waals surface area contributed by atoms with E-state index in [1.807, 2.05) is 0 Å². The van der Waals surface area contributed by atoms with Crippen LogP contribution >= 0.6 is 0 Å². The Balaban J connectivity index is 1.60. The summed E-state index contributed by atoms with van der Waals surface area (Å²) < 4.78 is 5.51. The Hall–Kier alpha value is -1.69. The van der Waals surface area contributed by atoms with Gasteiger partial charge >= 0.3 is 0 Å². The maximum atomic E-state index is 11.8. The molecule has 21 heavy (non-hydrogen) atoms. The van der Waals surface area contributed by atoms with Crippen LogP contribution in [0.3, 0.4) is 0 Å². The maximum absolute atomic E-state index is 11.8. The van der Waals surface area contributed by atoms with Gasteiger partial charge in [-0.1, -0.05) is 6.92 Å². The van der Waals surface area contributed by atoms with Crippen LogP contribution in [0.5, 0.6) is 0 Å². The van der Waals surface area contributed by atoms with Gasteiger partial charge in [-0.25, -0.2) is 9.97 Å². The summed E-state index contributed by atoms with van der Waals surface area (Å²) in [5.74, 6) is 1.29. The van der Waals surface area contributed by atoms with E-state index >= 15 is 0 Å². The third kappa shape index (κ3) is 6.08. The summed E-state index contributed by atoms with van der Waals surface area (Å²) in [4.78, 5) is 20.1. The van der Waals surface area contributed by atoms with E-state index in [0.29, 0.717) is 24.7 Å². The molecule has 0 spiro atoms. The number of hydrogen-bond acceptors (Lipinski definition) is 5. The molecule has 0 aromatic carbocycles. The van der Waals surface area contributed by atoms with Crippen LogP contribution in [0.4, 0.5) is 5.82 Å². The molecule has 0 unspecified atom stereocenters. The Labute approximate surface area is 125 Å². The van der Waals surface area contributed by atoms with Gasteiger partial charge in [0.1, 0.15) is 11.5 Å². The van der Waals surface area contributed by atoms with Crippen molar-refractivity contribution in [3.8, 4) is 0 Å². The fourth-order valence-corrected chi connectivity index (χ4v) is 1.79. The van der Waals surface area contributed by atoms with Crippen LogP contribution in [0.15, 0.2) is 12.4 Å². The molecule has 1 aliphatic carbocycles. The van der Waals surface area contributed by atoms with Crippen LogP contribution in [0.1, 0.15) is 43.1 Å². The molecule has 1 amide bonds. The van der Waals surface area contributed by atoms with Gasteiger partial charge in [0.25, 0.3) is 5.91 Å².